The van der Waals surface area contributed by atoms with Gasteiger partial charge >= 0.3 is 0 Å². The highest BCUT2D eigenvalue weighted by atomic mass is 14.4. The number of allylic oxidation sites excluding steroid dienone is 4. The molecule has 1 aromatic rings. The molecule has 0 heteroatoms. The Bertz CT molecular complexity index is 465. The van der Waals surface area contributed by atoms with Crippen molar-refractivity contribution in [3.63, 3.8) is 0 Å². The van der Waals surface area contributed by atoms with Crippen LogP contribution in [0.1, 0.15) is 30.9 Å². The smallest absolute Gasteiger partial charge is 0.00896 e. The van der Waals surface area contributed by atoms with Crippen LogP contribution in [-0.2, 0) is 6.42 Å². The van der Waals surface area contributed by atoms with Crippen molar-refractivity contribution in [1.82, 2.24) is 0 Å². The van der Waals surface area contributed by atoms with Crippen LogP contribution in [0.4, 0.5) is 0 Å². The number of benzene rings is 1. The fourth-order valence-corrected chi connectivity index (χ4v) is 3.46. The van der Waals surface area contributed by atoms with Gasteiger partial charge in [-0.3, -0.25) is 0 Å². The number of rotatable bonds is 1. The second-order valence-electron chi connectivity index (χ2n) is 5.68. The normalized spacial score (nSPS) is 30.2. The molecule has 0 amide bonds. The molecule has 0 heterocycles. The number of hydrogen-bond donors (Lipinski definition) is 0. The number of fused-ring (bicyclic) bond motifs is 3. The molecular weight excluding hydrogens is 204 g/mol. The Morgan fingerprint density at radius 2 is 1.82 bits per heavy atom. The Hall–Kier alpha value is -1.30. The maximum Gasteiger partial charge on any atom is 0.00896 e. The third-order valence-corrected chi connectivity index (χ3v) is 4.40. The minimum Gasteiger partial charge on any atom is -0.0802 e. The van der Waals surface area contributed by atoms with Gasteiger partial charge < -0.3 is 0 Å². The molecule has 1 aromatic carbocycles. The van der Waals surface area contributed by atoms with E-state index in [2.05, 4.69) is 62.4 Å². The van der Waals surface area contributed by atoms with Crippen molar-refractivity contribution >= 4 is 0 Å². The lowest BCUT2D eigenvalue weighted by atomic mass is 9.64. The molecule has 0 aromatic heterocycles. The third-order valence-electron chi connectivity index (χ3n) is 4.40. The summed E-state index contributed by atoms with van der Waals surface area (Å²) in [6.45, 7) is 4.73. The molecule has 3 rings (SSSR count). The second kappa shape index (κ2) is 4.18. The summed E-state index contributed by atoms with van der Waals surface area (Å²) < 4.78 is 0. The van der Waals surface area contributed by atoms with Crippen molar-refractivity contribution in [1.29, 1.82) is 0 Å². The Kier molecular flexibility index (Phi) is 2.66. The highest BCUT2D eigenvalue weighted by Gasteiger charge is 2.35. The Morgan fingerprint density at radius 3 is 2.65 bits per heavy atom. The Morgan fingerprint density at radius 1 is 1.06 bits per heavy atom. The van der Waals surface area contributed by atoms with Gasteiger partial charge in [0.15, 0.2) is 0 Å². The van der Waals surface area contributed by atoms with Gasteiger partial charge in [0.05, 0.1) is 0 Å². The molecule has 0 nitrogen and oxygen atoms in total. The molecule has 3 atom stereocenters. The highest BCUT2D eigenvalue weighted by molar-refractivity contribution is 5.40. The van der Waals surface area contributed by atoms with Crippen LogP contribution >= 0.6 is 0 Å². The molecule has 0 bridgehead atoms. The van der Waals surface area contributed by atoms with Crippen LogP contribution in [-0.4, -0.2) is 0 Å². The molecule has 0 radical (unpaired) electrons. The predicted octanol–water partition coefficient (Wildman–Crippen LogP) is 4.34. The van der Waals surface area contributed by atoms with Crippen molar-refractivity contribution in [3.8, 4) is 0 Å². The summed E-state index contributed by atoms with van der Waals surface area (Å²) in [4.78, 5) is 0. The molecular formula is C17H20. The van der Waals surface area contributed by atoms with Gasteiger partial charge in [0.2, 0.25) is 0 Å². The zero-order valence-corrected chi connectivity index (χ0v) is 10.6. The van der Waals surface area contributed by atoms with Crippen LogP contribution < -0.4 is 0 Å². The quantitative estimate of drug-likeness (QED) is 0.665. The van der Waals surface area contributed by atoms with E-state index >= 15 is 0 Å². The van der Waals surface area contributed by atoms with Gasteiger partial charge in [-0.1, -0.05) is 62.4 Å². The van der Waals surface area contributed by atoms with Crippen molar-refractivity contribution in [2.45, 2.75) is 26.2 Å². The van der Waals surface area contributed by atoms with Crippen LogP contribution in [0.3, 0.4) is 0 Å². The van der Waals surface area contributed by atoms with E-state index in [1.54, 1.807) is 11.1 Å². The molecule has 2 aliphatic carbocycles. The zero-order chi connectivity index (χ0) is 11.8. The SMILES string of the molecule is CC(C)C1Cc2ccccc2C2C=CC=CC21. The second-order valence-corrected chi connectivity index (χ2v) is 5.68. The fraction of sp³-hybridized carbons (Fsp3) is 0.412. The lowest BCUT2D eigenvalue weighted by Gasteiger charge is -2.40. The summed E-state index contributed by atoms with van der Waals surface area (Å²) in [5, 5.41) is 0. The summed E-state index contributed by atoms with van der Waals surface area (Å²) in [5.41, 5.74) is 3.11. The van der Waals surface area contributed by atoms with E-state index in [4.69, 9.17) is 0 Å². The van der Waals surface area contributed by atoms with Crippen molar-refractivity contribution in [3.05, 3.63) is 59.7 Å². The first-order valence-electron chi connectivity index (χ1n) is 6.70. The van der Waals surface area contributed by atoms with E-state index in [0.29, 0.717) is 11.8 Å². The van der Waals surface area contributed by atoms with Crippen LogP contribution in [0, 0.1) is 17.8 Å². The van der Waals surface area contributed by atoms with E-state index in [1.807, 2.05) is 0 Å². The van der Waals surface area contributed by atoms with Gasteiger partial charge in [0.1, 0.15) is 0 Å². The van der Waals surface area contributed by atoms with Crippen molar-refractivity contribution < 1.29 is 0 Å². The summed E-state index contributed by atoms with van der Waals surface area (Å²) in [5.74, 6) is 2.86. The van der Waals surface area contributed by atoms with Gasteiger partial charge in [-0.25, -0.2) is 0 Å². The molecule has 17 heavy (non-hydrogen) atoms. The standard InChI is InChI=1S/C17H20/c1-12(2)17-11-13-7-3-4-8-14(13)15-9-5-6-10-16(15)17/h3-10,12,15-17H,11H2,1-2H3. The molecule has 0 fully saturated rings. The molecule has 2 aliphatic rings. The zero-order valence-electron chi connectivity index (χ0n) is 10.6. The number of hydrogen-bond acceptors (Lipinski definition) is 0. The highest BCUT2D eigenvalue weighted by Crippen LogP contribution is 2.45. The van der Waals surface area contributed by atoms with Gasteiger partial charge in [-0.2, -0.15) is 0 Å². The van der Waals surface area contributed by atoms with Gasteiger partial charge in [-0.05, 0) is 35.3 Å². The molecule has 0 spiro atoms. The predicted molar refractivity (Wildman–Crippen MR) is 73.0 cm³/mol. The Labute approximate surface area is 104 Å². The van der Waals surface area contributed by atoms with E-state index in [1.165, 1.54) is 6.42 Å². The average Bonchev–Trinajstić information content (AvgIpc) is 2.37. The average molecular weight is 224 g/mol. The van der Waals surface area contributed by atoms with Crippen LogP contribution in [0.25, 0.3) is 0 Å². The van der Waals surface area contributed by atoms with Crippen molar-refractivity contribution in [2.24, 2.45) is 17.8 Å². The van der Waals surface area contributed by atoms with Gasteiger partial charge in [0.25, 0.3) is 0 Å². The summed E-state index contributed by atoms with van der Waals surface area (Å²) >= 11 is 0. The Balaban J connectivity index is 2.07. The van der Waals surface area contributed by atoms with Crippen LogP contribution in [0.2, 0.25) is 0 Å². The van der Waals surface area contributed by atoms with Crippen molar-refractivity contribution in [2.75, 3.05) is 0 Å². The first-order chi connectivity index (χ1) is 8.27. The van der Waals surface area contributed by atoms with Gasteiger partial charge in [0, 0.05) is 5.92 Å². The first-order valence-corrected chi connectivity index (χ1v) is 6.70. The topological polar surface area (TPSA) is 0 Å². The van der Waals surface area contributed by atoms with E-state index < -0.39 is 0 Å². The van der Waals surface area contributed by atoms with Crippen LogP contribution in [0.15, 0.2) is 48.6 Å². The molecule has 88 valence electrons. The minimum absolute atomic E-state index is 0.609. The summed E-state index contributed by atoms with van der Waals surface area (Å²) in [7, 11) is 0. The largest absolute Gasteiger partial charge is 0.0802 e. The van der Waals surface area contributed by atoms with E-state index in [0.717, 1.165) is 11.8 Å². The lowest BCUT2D eigenvalue weighted by molar-refractivity contribution is 0.258. The lowest BCUT2D eigenvalue weighted by Crippen LogP contribution is -2.31. The molecule has 3 unspecified atom stereocenters. The monoisotopic (exact) mass is 224 g/mol. The first kappa shape index (κ1) is 10.8. The summed E-state index contributed by atoms with van der Waals surface area (Å²) in [6.07, 6.45) is 10.5. The summed E-state index contributed by atoms with van der Waals surface area (Å²) in [6, 6.07) is 8.98. The van der Waals surface area contributed by atoms with Crippen LogP contribution in [0.5, 0.6) is 0 Å². The molecule has 0 saturated carbocycles. The van der Waals surface area contributed by atoms with E-state index in [-0.39, 0.29) is 0 Å². The van der Waals surface area contributed by atoms with Gasteiger partial charge in [-0.15, -0.1) is 0 Å². The molecule has 0 aliphatic heterocycles. The maximum atomic E-state index is 2.42. The molecule has 0 N–H and O–H groups in total. The molecule has 0 saturated heterocycles. The maximum absolute atomic E-state index is 2.42. The minimum atomic E-state index is 0.609. The fourth-order valence-electron chi connectivity index (χ4n) is 3.46. The van der Waals surface area contributed by atoms with E-state index in [9.17, 15) is 0 Å². The third kappa shape index (κ3) is 1.76.